The van der Waals surface area contributed by atoms with Gasteiger partial charge in [0, 0.05) is 17.9 Å². The third-order valence-corrected chi connectivity index (χ3v) is 2.90. The second-order valence-electron chi connectivity index (χ2n) is 3.57. The Morgan fingerprint density at radius 2 is 2.08 bits per heavy atom. The van der Waals surface area contributed by atoms with Crippen molar-refractivity contribution in [2.75, 3.05) is 0 Å². The number of carboxylic acid groups (broad SMARTS) is 1. The van der Waals surface area contributed by atoms with E-state index in [0.29, 0.717) is 0 Å². The summed E-state index contributed by atoms with van der Waals surface area (Å²) in [6.45, 7) is 0. The molecular weight excluding hydrogens is 168 g/mol. The average Bonchev–Trinajstić information content (AvgIpc) is 2.37. The number of carboxylic acids is 1. The first-order chi connectivity index (χ1) is 5.46. The Kier molecular flexibility index (Phi) is 1.29. The molecule has 2 saturated carbocycles. The zero-order valence-electron chi connectivity index (χ0n) is 6.21. The van der Waals surface area contributed by atoms with E-state index in [1.54, 1.807) is 0 Å². The number of fused-ring (bicyclic) bond motifs is 1. The van der Waals surface area contributed by atoms with Gasteiger partial charge in [-0.15, -0.1) is 0 Å². The zero-order chi connectivity index (χ0) is 9.09. The summed E-state index contributed by atoms with van der Waals surface area (Å²) in [5.41, 5.74) is 5.38. The molecule has 0 aromatic heterocycles. The largest absolute Gasteiger partial charge is 0.481 e. The highest BCUT2D eigenvalue weighted by molar-refractivity contribution is 5.72. The van der Waals surface area contributed by atoms with Crippen LogP contribution in [0.2, 0.25) is 0 Å². The molecule has 5 heteroatoms. The normalized spacial score (nSPS) is 48.6. The number of halogens is 2. The Hall–Kier alpha value is -0.710. The highest BCUT2D eigenvalue weighted by atomic mass is 19.3. The fraction of sp³-hybridized carbons (Fsp3) is 0.857. The van der Waals surface area contributed by atoms with Gasteiger partial charge >= 0.3 is 5.97 Å². The molecule has 0 radical (unpaired) electrons. The molecule has 12 heavy (non-hydrogen) atoms. The maximum absolute atomic E-state index is 12.8. The molecule has 0 amide bonds. The number of hydrogen-bond acceptors (Lipinski definition) is 2. The Bertz CT molecular complexity index is 244. The summed E-state index contributed by atoms with van der Waals surface area (Å²) in [6.07, 6.45) is 0.195. The molecule has 0 spiro atoms. The highest BCUT2D eigenvalue weighted by Crippen LogP contribution is 2.65. The molecule has 3 nitrogen and oxygen atoms in total. The van der Waals surface area contributed by atoms with Crippen LogP contribution in [0.4, 0.5) is 8.78 Å². The lowest BCUT2D eigenvalue weighted by molar-refractivity contribution is -0.143. The number of aliphatic carboxylic acids is 1. The predicted molar refractivity (Wildman–Crippen MR) is 35.6 cm³/mol. The van der Waals surface area contributed by atoms with Crippen LogP contribution in [0.15, 0.2) is 0 Å². The maximum Gasteiger partial charge on any atom is 0.307 e. The lowest BCUT2D eigenvalue weighted by Crippen LogP contribution is -2.29. The molecule has 2 rings (SSSR count). The van der Waals surface area contributed by atoms with Crippen molar-refractivity contribution in [1.29, 1.82) is 0 Å². The van der Waals surface area contributed by atoms with Gasteiger partial charge in [0.05, 0.1) is 5.92 Å². The van der Waals surface area contributed by atoms with Crippen LogP contribution in [0.3, 0.4) is 0 Å². The monoisotopic (exact) mass is 177 g/mol. The summed E-state index contributed by atoms with van der Waals surface area (Å²) in [6, 6.07) is -0.633. The molecule has 2 aliphatic carbocycles. The van der Waals surface area contributed by atoms with Crippen molar-refractivity contribution in [3.8, 4) is 0 Å². The molecule has 3 N–H and O–H groups in total. The molecule has 0 heterocycles. The van der Waals surface area contributed by atoms with Crippen LogP contribution in [-0.2, 0) is 4.79 Å². The van der Waals surface area contributed by atoms with E-state index in [4.69, 9.17) is 10.8 Å². The molecule has 4 atom stereocenters. The standard InChI is InChI=1S/C7H9F2NO2/c8-7(9)4-2(6(11)12)1-3(10)5(4)7/h2-5H,1,10H2,(H,11,12)/t2-,3-,4-,5+/m0/s1. The minimum absolute atomic E-state index is 0.195. The number of hydrogen-bond donors (Lipinski definition) is 2. The minimum Gasteiger partial charge on any atom is -0.481 e. The summed E-state index contributed by atoms with van der Waals surface area (Å²) < 4.78 is 25.5. The number of alkyl halides is 2. The first-order valence-electron chi connectivity index (χ1n) is 3.82. The Balaban J connectivity index is 2.19. The fourth-order valence-corrected chi connectivity index (χ4v) is 2.29. The molecule has 0 unspecified atom stereocenters. The van der Waals surface area contributed by atoms with Crippen LogP contribution < -0.4 is 5.73 Å². The van der Waals surface area contributed by atoms with Crippen molar-refractivity contribution in [3.63, 3.8) is 0 Å². The second-order valence-corrected chi connectivity index (χ2v) is 3.57. The smallest absolute Gasteiger partial charge is 0.307 e. The van der Waals surface area contributed by atoms with E-state index in [1.165, 1.54) is 0 Å². The van der Waals surface area contributed by atoms with Gasteiger partial charge in [-0.2, -0.15) is 0 Å². The quantitative estimate of drug-likeness (QED) is 0.605. The Morgan fingerprint density at radius 3 is 2.33 bits per heavy atom. The minimum atomic E-state index is -2.82. The molecule has 0 saturated heterocycles. The molecule has 0 aromatic carbocycles. The maximum atomic E-state index is 12.8. The van der Waals surface area contributed by atoms with E-state index >= 15 is 0 Å². The van der Waals surface area contributed by atoms with Crippen molar-refractivity contribution in [3.05, 3.63) is 0 Å². The summed E-state index contributed by atoms with van der Waals surface area (Å²) >= 11 is 0. The van der Waals surface area contributed by atoms with Gasteiger partial charge in [-0.05, 0) is 6.42 Å². The third-order valence-electron chi connectivity index (χ3n) is 2.90. The Morgan fingerprint density at radius 1 is 1.50 bits per heavy atom. The average molecular weight is 177 g/mol. The van der Waals surface area contributed by atoms with Gasteiger partial charge < -0.3 is 10.8 Å². The van der Waals surface area contributed by atoms with Crippen LogP contribution in [0.5, 0.6) is 0 Å². The van der Waals surface area contributed by atoms with E-state index in [2.05, 4.69) is 0 Å². The zero-order valence-corrected chi connectivity index (χ0v) is 6.21. The van der Waals surface area contributed by atoms with E-state index in [1.807, 2.05) is 0 Å². The Labute approximate surface area is 67.5 Å². The van der Waals surface area contributed by atoms with Gasteiger partial charge in [-0.25, -0.2) is 8.78 Å². The van der Waals surface area contributed by atoms with Crippen molar-refractivity contribution in [1.82, 2.24) is 0 Å². The molecule has 0 aromatic rings. The fourth-order valence-electron chi connectivity index (χ4n) is 2.29. The van der Waals surface area contributed by atoms with Crippen molar-refractivity contribution in [2.24, 2.45) is 23.5 Å². The van der Waals surface area contributed by atoms with Crippen LogP contribution in [-0.4, -0.2) is 23.0 Å². The van der Waals surface area contributed by atoms with E-state index in [9.17, 15) is 13.6 Å². The molecule has 68 valence electrons. The van der Waals surface area contributed by atoms with Gasteiger partial charge in [-0.1, -0.05) is 0 Å². The number of rotatable bonds is 1. The first-order valence-corrected chi connectivity index (χ1v) is 3.82. The van der Waals surface area contributed by atoms with Crippen LogP contribution in [0, 0.1) is 17.8 Å². The molecule has 2 aliphatic rings. The molecule has 0 bridgehead atoms. The van der Waals surface area contributed by atoms with E-state index in [0.717, 1.165) is 0 Å². The van der Waals surface area contributed by atoms with Crippen LogP contribution in [0.25, 0.3) is 0 Å². The van der Waals surface area contributed by atoms with Crippen molar-refractivity contribution >= 4 is 5.97 Å². The molecule has 2 fully saturated rings. The predicted octanol–water partition coefficient (Wildman–Crippen LogP) is 0.299. The molecular formula is C7H9F2NO2. The topological polar surface area (TPSA) is 63.3 Å². The van der Waals surface area contributed by atoms with Gasteiger partial charge in [0.2, 0.25) is 0 Å². The van der Waals surface area contributed by atoms with Gasteiger partial charge in [0.1, 0.15) is 0 Å². The summed E-state index contributed by atoms with van der Waals surface area (Å²) in [5, 5.41) is 8.57. The van der Waals surface area contributed by atoms with Crippen molar-refractivity contribution < 1.29 is 18.7 Å². The third kappa shape index (κ3) is 0.744. The summed E-state index contributed by atoms with van der Waals surface area (Å²) in [7, 11) is 0. The van der Waals surface area contributed by atoms with Crippen molar-refractivity contribution in [2.45, 2.75) is 18.4 Å². The second kappa shape index (κ2) is 1.96. The van der Waals surface area contributed by atoms with E-state index in [-0.39, 0.29) is 6.42 Å². The lowest BCUT2D eigenvalue weighted by Gasteiger charge is -2.12. The SMILES string of the molecule is N[C@H]1C[C@H](C(=O)O)[C@H]2[C@@H]1C2(F)F. The lowest BCUT2D eigenvalue weighted by atomic mass is 10.0. The first kappa shape index (κ1) is 7.91. The van der Waals surface area contributed by atoms with E-state index < -0.39 is 35.7 Å². The van der Waals surface area contributed by atoms with Gasteiger partial charge in [0.15, 0.2) is 0 Å². The summed E-state index contributed by atoms with van der Waals surface area (Å²) in [4.78, 5) is 10.5. The molecule has 0 aliphatic heterocycles. The summed E-state index contributed by atoms with van der Waals surface area (Å²) in [5.74, 6) is -6.76. The van der Waals surface area contributed by atoms with Gasteiger partial charge in [0.25, 0.3) is 5.92 Å². The van der Waals surface area contributed by atoms with Crippen LogP contribution >= 0.6 is 0 Å². The number of nitrogens with two attached hydrogens (primary N) is 1. The number of carbonyl (C=O) groups is 1. The van der Waals surface area contributed by atoms with Crippen LogP contribution in [0.1, 0.15) is 6.42 Å². The highest BCUT2D eigenvalue weighted by Gasteiger charge is 2.77. The van der Waals surface area contributed by atoms with Gasteiger partial charge in [-0.3, -0.25) is 4.79 Å².